The minimum absolute atomic E-state index is 0.108. The fourth-order valence-electron chi connectivity index (χ4n) is 6.62. The van der Waals surface area contributed by atoms with Crippen LogP contribution >= 0.6 is 0 Å². The van der Waals surface area contributed by atoms with Gasteiger partial charge in [-0.15, -0.1) is 0 Å². The van der Waals surface area contributed by atoms with Crippen LogP contribution < -0.4 is 25.9 Å². The van der Waals surface area contributed by atoms with Gasteiger partial charge in [0.25, 0.3) is 6.71 Å². The van der Waals surface area contributed by atoms with Crippen molar-refractivity contribution in [1.29, 1.82) is 0 Å². The molecule has 0 radical (unpaired) electrons. The van der Waals surface area contributed by atoms with Crippen molar-refractivity contribution in [3.05, 3.63) is 152 Å². The zero-order chi connectivity index (χ0) is 29.7. The number of pyridine rings is 2. The highest BCUT2D eigenvalue weighted by atomic mass is 16.5. The topological polar surface area (TPSA) is 44.2 Å². The lowest BCUT2D eigenvalue weighted by Crippen LogP contribution is -2.57. The minimum Gasteiger partial charge on any atom is -0.458 e. The zero-order valence-electron chi connectivity index (χ0n) is 24.2. The van der Waals surface area contributed by atoms with E-state index in [0.29, 0.717) is 0 Å². The van der Waals surface area contributed by atoms with E-state index in [0.717, 1.165) is 84.2 Å². The monoisotopic (exact) mass is 576 g/mol. The van der Waals surface area contributed by atoms with Gasteiger partial charge in [-0.25, -0.2) is 0 Å². The third kappa shape index (κ3) is 4.24. The Kier molecular flexibility index (Phi) is 5.88. The Bertz CT molecular complexity index is 2050. The van der Waals surface area contributed by atoms with Gasteiger partial charge in [-0.3, -0.25) is 9.97 Å². The summed E-state index contributed by atoms with van der Waals surface area (Å²) in [5, 5.41) is 0. The number of rotatable bonds is 4. The Morgan fingerprint density at radius 3 is 1.33 bits per heavy atom. The molecule has 210 valence electrons. The third-order valence-electron chi connectivity index (χ3n) is 8.72. The highest BCUT2D eigenvalue weighted by Crippen LogP contribution is 2.46. The summed E-state index contributed by atoms with van der Waals surface area (Å²) < 4.78 is 13.9. The van der Waals surface area contributed by atoms with Gasteiger partial charge in [0, 0.05) is 29.0 Å². The molecule has 0 aliphatic carbocycles. The second-order valence-corrected chi connectivity index (χ2v) is 11.3. The highest BCUT2D eigenvalue weighted by molar-refractivity contribution is 6.98. The first-order valence-electron chi connectivity index (χ1n) is 15.1. The molecule has 4 nitrogen and oxygen atoms in total. The summed E-state index contributed by atoms with van der Waals surface area (Å²) in [5.74, 6) is 3.21. The molecule has 0 N–H and O–H groups in total. The van der Waals surface area contributed by atoms with Crippen LogP contribution in [0.2, 0.25) is 0 Å². The summed E-state index contributed by atoms with van der Waals surface area (Å²) in [6.07, 6.45) is 3.64. The van der Waals surface area contributed by atoms with Gasteiger partial charge in [0.05, 0.1) is 11.4 Å². The zero-order valence-corrected chi connectivity index (χ0v) is 24.2. The second kappa shape index (κ2) is 10.4. The molecule has 45 heavy (non-hydrogen) atoms. The largest absolute Gasteiger partial charge is 0.458 e. The number of nitrogens with zero attached hydrogens (tertiary/aromatic N) is 2. The predicted octanol–water partition coefficient (Wildman–Crippen LogP) is 7.87. The molecule has 0 atom stereocenters. The predicted molar refractivity (Wildman–Crippen MR) is 181 cm³/mol. The normalized spacial score (nSPS) is 12.3. The lowest BCUT2D eigenvalue weighted by Gasteiger charge is -2.35. The second-order valence-electron chi connectivity index (χ2n) is 11.3. The van der Waals surface area contributed by atoms with Crippen molar-refractivity contribution in [3.63, 3.8) is 0 Å². The van der Waals surface area contributed by atoms with E-state index in [9.17, 15) is 0 Å². The first kappa shape index (κ1) is 25.6. The summed E-state index contributed by atoms with van der Waals surface area (Å²) in [6, 6.07) is 48.0. The maximum atomic E-state index is 6.93. The van der Waals surface area contributed by atoms with E-state index in [4.69, 9.17) is 19.4 Å². The lowest BCUT2D eigenvalue weighted by molar-refractivity contribution is 0.467. The van der Waals surface area contributed by atoms with Gasteiger partial charge in [-0.05, 0) is 75.6 Å². The maximum Gasteiger partial charge on any atom is 0.260 e. The molecule has 0 amide bonds. The van der Waals surface area contributed by atoms with Crippen molar-refractivity contribution >= 4 is 23.1 Å². The molecule has 0 saturated carbocycles. The van der Waals surface area contributed by atoms with Crippen LogP contribution in [0.15, 0.2) is 152 Å². The van der Waals surface area contributed by atoms with E-state index in [-0.39, 0.29) is 6.71 Å². The van der Waals surface area contributed by atoms with Gasteiger partial charge in [0.15, 0.2) is 0 Å². The summed E-state index contributed by atoms with van der Waals surface area (Å²) >= 11 is 0. The summed E-state index contributed by atoms with van der Waals surface area (Å²) in [7, 11) is 0. The molecule has 0 unspecified atom stereocenters. The highest BCUT2D eigenvalue weighted by Gasteiger charge is 2.43. The number of hydrogen-bond acceptors (Lipinski definition) is 4. The minimum atomic E-state index is -0.108. The average Bonchev–Trinajstić information content (AvgIpc) is 3.12. The molecule has 9 rings (SSSR count). The van der Waals surface area contributed by atoms with E-state index in [1.165, 1.54) is 0 Å². The van der Waals surface area contributed by atoms with Gasteiger partial charge in [-0.2, -0.15) is 0 Å². The fourth-order valence-corrected chi connectivity index (χ4v) is 6.62. The van der Waals surface area contributed by atoms with Gasteiger partial charge in [0.1, 0.15) is 23.0 Å². The van der Waals surface area contributed by atoms with Crippen LogP contribution in [-0.4, -0.2) is 16.7 Å². The van der Waals surface area contributed by atoms with E-state index in [1.807, 2.05) is 60.9 Å². The molecule has 0 spiro atoms. The number of hydrogen-bond donors (Lipinski definition) is 0. The van der Waals surface area contributed by atoms with Crippen molar-refractivity contribution in [1.82, 2.24) is 9.97 Å². The summed E-state index contributed by atoms with van der Waals surface area (Å²) in [5.41, 5.74) is 11.2. The van der Waals surface area contributed by atoms with Crippen molar-refractivity contribution in [2.24, 2.45) is 0 Å². The Labute approximate surface area is 261 Å². The average molecular weight is 576 g/mol. The Hall–Kier alpha value is -5.94. The van der Waals surface area contributed by atoms with E-state index in [1.54, 1.807) is 0 Å². The maximum absolute atomic E-state index is 6.93. The molecule has 0 bridgehead atoms. The SMILES string of the molecule is c1ccc(-c2ccc3c(c2)Oc2c(-c4ccccn4)cc(-c4ccccn4)c4c2B3c2ccc(-c3ccccc3)cc2O4)cc1. The molecule has 5 aromatic carbocycles. The summed E-state index contributed by atoms with van der Waals surface area (Å²) in [6.45, 7) is -0.108. The van der Waals surface area contributed by atoms with E-state index < -0.39 is 0 Å². The van der Waals surface area contributed by atoms with Gasteiger partial charge >= 0.3 is 0 Å². The number of aromatic nitrogens is 2. The number of fused-ring (bicyclic) bond motifs is 4. The molecule has 2 aliphatic rings. The molecule has 0 fully saturated rings. The molecule has 0 saturated heterocycles. The number of benzene rings is 5. The van der Waals surface area contributed by atoms with Crippen LogP contribution in [0.25, 0.3) is 44.8 Å². The van der Waals surface area contributed by atoms with Gasteiger partial charge in [0.2, 0.25) is 0 Å². The quantitative estimate of drug-likeness (QED) is 0.200. The van der Waals surface area contributed by atoms with Crippen LogP contribution in [0.4, 0.5) is 0 Å². The van der Waals surface area contributed by atoms with Crippen LogP contribution in [-0.2, 0) is 0 Å². The molecule has 2 aliphatic heterocycles. The van der Waals surface area contributed by atoms with Crippen LogP contribution in [0, 0.1) is 0 Å². The van der Waals surface area contributed by atoms with Gasteiger partial charge in [-0.1, -0.05) is 97.1 Å². The molecular weight excluding hydrogens is 551 g/mol. The van der Waals surface area contributed by atoms with Crippen molar-refractivity contribution in [3.8, 4) is 67.8 Å². The molecule has 2 aromatic heterocycles. The Morgan fingerprint density at radius 1 is 0.422 bits per heavy atom. The molecule has 7 aromatic rings. The van der Waals surface area contributed by atoms with Gasteiger partial charge < -0.3 is 9.47 Å². The molecule has 5 heteroatoms. The van der Waals surface area contributed by atoms with Crippen LogP contribution in [0.3, 0.4) is 0 Å². The van der Waals surface area contributed by atoms with Crippen LogP contribution in [0.1, 0.15) is 0 Å². The molecular formula is C40H25BN2O2. The third-order valence-corrected chi connectivity index (χ3v) is 8.72. The van der Waals surface area contributed by atoms with Crippen molar-refractivity contribution < 1.29 is 9.47 Å². The summed E-state index contributed by atoms with van der Waals surface area (Å²) in [4.78, 5) is 9.52. The lowest BCUT2D eigenvalue weighted by atomic mass is 9.34. The van der Waals surface area contributed by atoms with E-state index in [2.05, 4.69) is 91.0 Å². The Balaban J connectivity index is 1.33. The van der Waals surface area contributed by atoms with E-state index >= 15 is 0 Å². The van der Waals surface area contributed by atoms with Crippen LogP contribution in [0.5, 0.6) is 23.0 Å². The first-order valence-corrected chi connectivity index (χ1v) is 15.1. The Morgan fingerprint density at radius 2 is 0.889 bits per heavy atom. The fraction of sp³-hybridized carbons (Fsp3) is 0. The number of ether oxygens (including phenoxy) is 2. The smallest absolute Gasteiger partial charge is 0.260 e. The van der Waals surface area contributed by atoms with Crippen molar-refractivity contribution in [2.45, 2.75) is 0 Å². The molecule has 4 heterocycles. The standard InChI is InChI=1S/C40H25BN2O2/c1-3-11-26(12-4-1)28-17-19-32-36(23-28)44-39-30(34-15-7-9-21-42-34)25-31(35-16-8-10-22-43-35)40-38(39)41(32)33-20-18-29(24-37(33)45-40)27-13-5-2-6-14-27/h1-25H. The first-order chi connectivity index (χ1) is 22.3. The van der Waals surface area contributed by atoms with Crippen molar-refractivity contribution in [2.75, 3.05) is 0 Å².